The zero-order chi connectivity index (χ0) is 20.3. The topological polar surface area (TPSA) is 86.1 Å². The highest BCUT2D eigenvalue weighted by atomic mass is 79.9. The van der Waals surface area contributed by atoms with Gasteiger partial charge in [-0.1, -0.05) is 6.07 Å². The Hall–Kier alpha value is -2.74. The molecule has 0 saturated carbocycles. The average Bonchev–Trinajstić information content (AvgIpc) is 2.61. The second kappa shape index (κ2) is 8.10. The molecule has 0 aliphatic rings. The van der Waals surface area contributed by atoms with Gasteiger partial charge in [0.15, 0.2) is 0 Å². The zero-order valence-electron chi connectivity index (χ0n) is 15.9. The van der Waals surface area contributed by atoms with Gasteiger partial charge in [0, 0.05) is 23.6 Å². The van der Waals surface area contributed by atoms with E-state index in [0.29, 0.717) is 33.3 Å². The summed E-state index contributed by atoms with van der Waals surface area (Å²) in [6.07, 6.45) is 3.09. The number of amides is 1. The van der Waals surface area contributed by atoms with Crippen LogP contribution in [0.15, 0.2) is 52.0 Å². The van der Waals surface area contributed by atoms with E-state index < -0.39 is 11.7 Å². The molecule has 0 radical (unpaired) electrons. The standard InChI is InChI=1S/C20H21BrN4O3/c1-20(2,3)28-19(27)23-11-9-16-24-15-8-4-7-14(21)17(15)18(26)25(16)13-6-5-10-22-12-13/h4-8,10,12H,9,11H2,1-3H3,(H,23,27). The molecule has 28 heavy (non-hydrogen) atoms. The van der Waals surface area contributed by atoms with Crippen LogP contribution in [0.25, 0.3) is 16.6 Å². The van der Waals surface area contributed by atoms with E-state index in [0.717, 1.165) is 0 Å². The summed E-state index contributed by atoms with van der Waals surface area (Å²) in [5.74, 6) is 0.527. The molecule has 0 bridgehead atoms. The Morgan fingerprint density at radius 2 is 2.04 bits per heavy atom. The van der Waals surface area contributed by atoms with Crippen LogP contribution in [0.1, 0.15) is 26.6 Å². The molecule has 8 heteroatoms. The summed E-state index contributed by atoms with van der Waals surface area (Å²) in [5, 5.41) is 3.20. The van der Waals surface area contributed by atoms with E-state index in [9.17, 15) is 9.59 Å². The number of rotatable bonds is 4. The SMILES string of the molecule is CC(C)(C)OC(=O)NCCc1nc2cccc(Br)c2c(=O)n1-c1cccnc1. The number of benzene rings is 1. The van der Waals surface area contributed by atoms with Gasteiger partial charge in [-0.15, -0.1) is 0 Å². The molecule has 0 unspecified atom stereocenters. The number of hydrogen-bond donors (Lipinski definition) is 1. The van der Waals surface area contributed by atoms with Crippen molar-refractivity contribution in [2.45, 2.75) is 32.8 Å². The average molecular weight is 445 g/mol. The van der Waals surface area contributed by atoms with Crippen molar-refractivity contribution >= 4 is 32.9 Å². The minimum atomic E-state index is -0.574. The van der Waals surface area contributed by atoms with Gasteiger partial charge in [0.2, 0.25) is 0 Å². The number of alkyl carbamates (subject to hydrolysis) is 1. The Balaban J connectivity index is 1.97. The molecule has 0 aliphatic heterocycles. The normalized spacial score (nSPS) is 11.4. The van der Waals surface area contributed by atoms with Crippen molar-refractivity contribution in [1.29, 1.82) is 0 Å². The Morgan fingerprint density at radius 1 is 1.25 bits per heavy atom. The molecule has 0 atom stereocenters. The molecule has 1 N–H and O–H groups in total. The largest absolute Gasteiger partial charge is 0.444 e. The Kier molecular flexibility index (Phi) is 5.79. The molecule has 3 aromatic rings. The van der Waals surface area contributed by atoms with Crippen molar-refractivity contribution in [3.63, 3.8) is 0 Å². The molecule has 2 aromatic heterocycles. The van der Waals surface area contributed by atoms with Crippen LogP contribution in [0.2, 0.25) is 0 Å². The quantitative estimate of drug-likeness (QED) is 0.663. The first kappa shape index (κ1) is 20.0. The molecule has 0 fully saturated rings. The fraction of sp³-hybridized carbons (Fsp3) is 0.300. The van der Waals surface area contributed by atoms with E-state index in [4.69, 9.17) is 4.74 Å². The third-order valence-corrected chi connectivity index (χ3v) is 4.50. The van der Waals surface area contributed by atoms with Gasteiger partial charge in [-0.05, 0) is 61.0 Å². The van der Waals surface area contributed by atoms with Crippen LogP contribution < -0.4 is 10.9 Å². The van der Waals surface area contributed by atoms with Crippen LogP contribution >= 0.6 is 15.9 Å². The highest BCUT2D eigenvalue weighted by Gasteiger charge is 2.17. The third-order valence-electron chi connectivity index (χ3n) is 3.84. The van der Waals surface area contributed by atoms with Crippen LogP contribution in [0.3, 0.4) is 0 Å². The second-order valence-corrected chi connectivity index (χ2v) is 8.05. The van der Waals surface area contributed by atoms with Gasteiger partial charge in [0.25, 0.3) is 5.56 Å². The maximum absolute atomic E-state index is 13.2. The van der Waals surface area contributed by atoms with E-state index in [2.05, 4.69) is 31.2 Å². The van der Waals surface area contributed by atoms with E-state index in [1.807, 2.05) is 12.1 Å². The predicted octanol–water partition coefficient (Wildman–Crippen LogP) is 3.61. The lowest BCUT2D eigenvalue weighted by Gasteiger charge is -2.20. The van der Waals surface area contributed by atoms with Gasteiger partial charge in [0.1, 0.15) is 11.4 Å². The van der Waals surface area contributed by atoms with Gasteiger partial charge >= 0.3 is 6.09 Å². The van der Waals surface area contributed by atoms with Crippen molar-refractivity contribution in [2.75, 3.05) is 6.54 Å². The molecule has 0 spiro atoms. The zero-order valence-corrected chi connectivity index (χ0v) is 17.5. The van der Waals surface area contributed by atoms with E-state index in [1.54, 1.807) is 51.4 Å². The molecule has 1 amide bonds. The van der Waals surface area contributed by atoms with Crippen molar-refractivity contribution < 1.29 is 9.53 Å². The van der Waals surface area contributed by atoms with Crippen molar-refractivity contribution in [2.24, 2.45) is 0 Å². The number of fused-ring (bicyclic) bond motifs is 1. The lowest BCUT2D eigenvalue weighted by molar-refractivity contribution is 0.0528. The van der Waals surface area contributed by atoms with Crippen LogP contribution in [0.5, 0.6) is 0 Å². The lowest BCUT2D eigenvalue weighted by Crippen LogP contribution is -2.34. The molecule has 146 valence electrons. The van der Waals surface area contributed by atoms with Crippen LogP contribution in [0, 0.1) is 0 Å². The minimum absolute atomic E-state index is 0.197. The predicted molar refractivity (Wildman–Crippen MR) is 111 cm³/mol. The minimum Gasteiger partial charge on any atom is -0.444 e. The first-order chi connectivity index (χ1) is 13.3. The molecule has 7 nitrogen and oxygen atoms in total. The summed E-state index contributed by atoms with van der Waals surface area (Å²) in [6, 6.07) is 8.98. The maximum atomic E-state index is 13.2. The number of aromatic nitrogens is 3. The van der Waals surface area contributed by atoms with E-state index >= 15 is 0 Å². The fourth-order valence-corrected chi connectivity index (χ4v) is 3.27. The molecule has 2 heterocycles. The van der Waals surface area contributed by atoms with Crippen LogP contribution in [-0.4, -0.2) is 32.8 Å². The monoisotopic (exact) mass is 444 g/mol. The lowest BCUT2D eigenvalue weighted by atomic mass is 10.2. The number of carbonyl (C=O) groups excluding carboxylic acids is 1. The highest BCUT2D eigenvalue weighted by Crippen LogP contribution is 2.21. The van der Waals surface area contributed by atoms with Crippen molar-refractivity contribution in [3.05, 3.63) is 63.4 Å². The van der Waals surface area contributed by atoms with Gasteiger partial charge in [0.05, 0.1) is 22.8 Å². The van der Waals surface area contributed by atoms with Crippen molar-refractivity contribution in [3.8, 4) is 5.69 Å². The van der Waals surface area contributed by atoms with Gasteiger partial charge in [-0.25, -0.2) is 9.78 Å². The molecular weight excluding hydrogens is 424 g/mol. The number of carbonyl (C=O) groups is 1. The fourth-order valence-electron chi connectivity index (χ4n) is 2.75. The van der Waals surface area contributed by atoms with E-state index in [1.165, 1.54) is 4.57 Å². The number of nitrogens with one attached hydrogen (secondary N) is 1. The Labute approximate surface area is 170 Å². The summed E-state index contributed by atoms with van der Waals surface area (Å²) in [5.41, 5.74) is 0.435. The molecule has 0 aliphatic carbocycles. The molecule has 1 aromatic carbocycles. The first-order valence-corrected chi connectivity index (χ1v) is 9.63. The Bertz CT molecular complexity index is 1060. The number of halogens is 1. The van der Waals surface area contributed by atoms with Gasteiger partial charge in [-0.3, -0.25) is 14.3 Å². The number of pyridine rings is 1. The van der Waals surface area contributed by atoms with Gasteiger partial charge < -0.3 is 10.1 Å². The Morgan fingerprint density at radius 3 is 2.71 bits per heavy atom. The second-order valence-electron chi connectivity index (χ2n) is 7.19. The first-order valence-electron chi connectivity index (χ1n) is 8.84. The highest BCUT2D eigenvalue weighted by molar-refractivity contribution is 9.10. The van der Waals surface area contributed by atoms with Crippen LogP contribution in [0.4, 0.5) is 4.79 Å². The van der Waals surface area contributed by atoms with Crippen molar-refractivity contribution in [1.82, 2.24) is 19.9 Å². The summed E-state index contributed by atoms with van der Waals surface area (Å²) in [4.78, 5) is 33.9. The summed E-state index contributed by atoms with van der Waals surface area (Å²) in [6.45, 7) is 5.68. The maximum Gasteiger partial charge on any atom is 0.407 e. The third kappa shape index (κ3) is 4.56. The summed E-state index contributed by atoms with van der Waals surface area (Å²) in [7, 11) is 0. The number of nitrogens with zero attached hydrogens (tertiary/aromatic N) is 3. The number of hydrogen-bond acceptors (Lipinski definition) is 5. The van der Waals surface area contributed by atoms with E-state index in [-0.39, 0.29) is 12.1 Å². The van der Waals surface area contributed by atoms with Gasteiger partial charge in [-0.2, -0.15) is 0 Å². The summed E-state index contributed by atoms with van der Waals surface area (Å²) >= 11 is 3.44. The molecular formula is C20H21BrN4O3. The van der Waals surface area contributed by atoms with Crippen LogP contribution in [-0.2, 0) is 11.2 Å². The summed E-state index contributed by atoms with van der Waals surface area (Å²) < 4.78 is 7.45. The molecule has 3 rings (SSSR count). The number of ether oxygens (including phenoxy) is 1. The molecule has 0 saturated heterocycles. The smallest absolute Gasteiger partial charge is 0.407 e.